The van der Waals surface area contributed by atoms with Crippen LogP contribution < -0.4 is 9.80 Å². The van der Waals surface area contributed by atoms with Gasteiger partial charge < -0.3 is 9.80 Å². The summed E-state index contributed by atoms with van der Waals surface area (Å²) in [5.74, 6) is -0.197. The molecule has 0 saturated heterocycles. The van der Waals surface area contributed by atoms with Crippen LogP contribution in [0.15, 0.2) is 36.4 Å². The lowest BCUT2D eigenvalue weighted by atomic mass is 10.1. The molecule has 1 atom stereocenters. The molecule has 0 spiro atoms. The predicted octanol–water partition coefficient (Wildman–Crippen LogP) is 2.21. The van der Waals surface area contributed by atoms with Gasteiger partial charge in [0, 0.05) is 13.1 Å². The first-order valence-electron chi connectivity index (χ1n) is 6.31. The van der Waals surface area contributed by atoms with Crippen molar-refractivity contribution in [3.8, 4) is 0 Å². The summed E-state index contributed by atoms with van der Waals surface area (Å²) in [6.45, 7) is 8.50. The summed E-state index contributed by atoms with van der Waals surface area (Å²) in [7, 11) is 0. The van der Waals surface area contributed by atoms with Gasteiger partial charge in [-0.25, -0.2) is 0 Å². The number of benzene rings is 1. The number of hydrogen-bond donors (Lipinski definition) is 0. The van der Waals surface area contributed by atoms with Gasteiger partial charge in [0.25, 0.3) is 0 Å². The zero-order chi connectivity index (χ0) is 14.0. The maximum Gasteiger partial charge on any atom is 0.231 e. The fourth-order valence-corrected chi connectivity index (χ4v) is 2.32. The zero-order valence-electron chi connectivity index (χ0n) is 11.3. The monoisotopic (exact) mass is 258 g/mol. The zero-order valence-corrected chi connectivity index (χ0v) is 11.3. The fourth-order valence-electron chi connectivity index (χ4n) is 2.32. The fraction of sp³-hybridized carbons (Fsp3) is 0.333. The van der Waals surface area contributed by atoms with Crippen LogP contribution in [0.25, 0.3) is 0 Å². The summed E-state index contributed by atoms with van der Waals surface area (Å²) in [6.07, 6.45) is 0.785. The molecule has 0 bridgehead atoms. The Kier molecular flexibility index (Phi) is 3.69. The molecule has 19 heavy (non-hydrogen) atoms. The molecule has 0 aliphatic carbocycles. The van der Waals surface area contributed by atoms with Crippen LogP contribution in [0.3, 0.4) is 0 Å². The maximum absolute atomic E-state index is 12.4. The van der Waals surface area contributed by atoms with Crippen LogP contribution >= 0.6 is 0 Å². The van der Waals surface area contributed by atoms with Crippen molar-refractivity contribution in [3.63, 3.8) is 0 Å². The van der Waals surface area contributed by atoms with E-state index in [0.29, 0.717) is 13.1 Å². The highest BCUT2D eigenvalue weighted by atomic mass is 16.2. The highest BCUT2D eigenvalue weighted by Crippen LogP contribution is 2.33. The second-order valence-electron chi connectivity index (χ2n) is 5.03. The summed E-state index contributed by atoms with van der Waals surface area (Å²) >= 11 is 0. The van der Waals surface area contributed by atoms with Gasteiger partial charge >= 0.3 is 0 Å². The summed E-state index contributed by atoms with van der Waals surface area (Å²) in [5, 5.41) is 0. The summed E-state index contributed by atoms with van der Waals surface area (Å²) in [6, 6.07) is 7.47. The summed E-state index contributed by atoms with van der Waals surface area (Å²) < 4.78 is 0. The van der Waals surface area contributed by atoms with Crippen molar-refractivity contribution >= 4 is 23.7 Å². The van der Waals surface area contributed by atoms with Crippen molar-refractivity contribution in [2.45, 2.75) is 13.8 Å². The van der Waals surface area contributed by atoms with Gasteiger partial charge in [-0.3, -0.25) is 9.59 Å². The molecule has 0 fully saturated rings. The van der Waals surface area contributed by atoms with Crippen LogP contribution in [-0.4, -0.2) is 25.4 Å². The third-order valence-electron chi connectivity index (χ3n) is 3.20. The number of carbonyl (C=O) groups is 2. The van der Waals surface area contributed by atoms with E-state index in [1.807, 2.05) is 38.1 Å². The molecule has 1 aliphatic rings. The van der Waals surface area contributed by atoms with Gasteiger partial charge in [-0.2, -0.15) is 0 Å². The number of fused-ring (bicyclic) bond motifs is 1. The van der Waals surface area contributed by atoms with Crippen molar-refractivity contribution in [1.29, 1.82) is 0 Å². The molecule has 1 aromatic rings. The number of hydrogen-bond acceptors (Lipinski definition) is 2. The van der Waals surface area contributed by atoms with E-state index in [4.69, 9.17) is 0 Å². The maximum atomic E-state index is 12.4. The Balaban J connectivity index is 2.54. The normalized spacial score (nSPS) is 18.8. The third kappa shape index (κ3) is 2.52. The van der Waals surface area contributed by atoms with Crippen LogP contribution in [0, 0.1) is 5.92 Å². The molecule has 1 unspecified atom stereocenters. The van der Waals surface area contributed by atoms with Gasteiger partial charge in [0.05, 0.1) is 17.3 Å². The molecule has 2 amide bonds. The van der Waals surface area contributed by atoms with E-state index in [-0.39, 0.29) is 11.8 Å². The van der Waals surface area contributed by atoms with Gasteiger partial charge in [0.1, 0.15) is 0 Å². The van der Waals surface area contributed by atoms with Crippen LogP contribution in [0.5, 0.6) is 0 Å². The largest absolute Gasteiger partial charge is 0.312 e. The first-order valence-corrected chi connectivity index (χ1v) is 6.31. The Bertz CT molecular complexity index is 525. The van der Waals surface area contributed by atoms with Crippen molar-refractivity contribution in [2.24, 2.45) is 5.92 Å². The summed E-state index contributed by atoms with van der Waals surface area (Å²) in [4.78, 5) is 27.0. The molecule has 4 heteroatoms. The Hall–Kier alpha value is -2.10. The molecule has 0 N–H and O–H groups in total. The predicted molar refractivity (Wildman–Crippen MR) is 76.2 cm³/mol. The van der Waals surface area contributed by atoms with Crippen LogP contribution in [0.4, 0.5) is 11.4 Å². The molecule has 4 nitrogen and oxygen atoms in total. The van der Waals surface area contributed by atoms with Crippen LogP contribution in [-0.2, 0) is 9.59 Å². The van der Waals surface area contributed by atoms with Gasteiger partial charge in [-0.1, -0.05) is 31.2 Å². The first kappa shape index (κ1) is 13.3. The number of anilines is 2. The number of amides is 2. The lowest BCUT2D eigenvalue weighted by molar-refractivity contribution is -0.121. The van der Waals surface area contributed by atoms with Gasteiger partial charge in [-0.15, -0.1) is 0 Å². The first-order chi connectivity index (χ1) is 9.04. The van der Waals surface area contributed by atoms with E-state index < -0.39 is 0 Å². The molecule has 1 aliphatic heterocycles. The van der Waals surface area contributed by atoms with Crippen molar-refractivity contribution in [1.82, 2.24) is 0 Å². The highest BCUT2D eigenvalue weighted by Gasteiger charge is 2.30. The third-order valence-corrected chi connectivity index (χ3v) is 3.20. The molecule has 1 aromatic carbocycles. The minimum atomic E-state index is -0.225. The van der Waals surface area contributed by atoms with Gasteiger partial charge in [0.15, 0.2) is 0 Å². The van der Waals surface area contributed by atoms with E-state index in [1.165, 1.54) is 0 Å². The highest BCUT2D eigenvalue weighted by molar-refractivity contribution is 6.02. The Labute approximate surface area is 113 Å². The SMILES string of the molecule is C=C(C)CN1C(=O)C(C)CN(C=O)c2ccccc21. The molecular weight excluding hydrogens is 240 g/mol. The molecule has 0 radical (unpaired) electrons. The van der Waals surface area contributed by atoms with Gasteiger partial charge in [-0.05, 0) is 19.1 Å². The number of rotatable bonds is 3. The lowest BCUT2D eigenvalue weighted by Crippen LogP contribution is -2.37. The molecule has 0 aromatic heterocycles. The lowest BCUT2D eigenvalue weighted by Gasteiger charge is -2.24. The van der Waals surface area contributed by atoms with Crippen molar-refractivity contribution < 1.29 is 9.59 Å². The minimum absolute atomic E-state index is 0.0276. The molecule has 2 rings (SSSR count). The quantitative estimate of drug-likeness (QED) is 0.616. The smallest absolute Gasteiger partial charge is 0.231 e. The molecule has 0 saturated carbocycles. The van der Waals surface area contributed by atoms with Gasteiger partial charge in [0.2, 0.25) is 12.3 Å². The molecule has 1 heterocycles. The van der Waals surface area contributed by atoms with Crippen molar-refractivity contribution in [2.75, 3.05) is 22.9 Å². The number of para-hydroxylation sites is 2. The standard InChI is InChI=1S/C15H18N2O2/c1-11(2)8-17-14-7-5-4-6-13(14)16(10-18)9-12(3)15(17)19/h4-7,10,12H,1,8-9H2,2-3H3. The topological polar surface area (TPSA) is 40.6 Å². The molecular formula is C15H18N2O2. The van der Waals surface area contributed by atoms with E-state index in [0.717, 1.165) is 23.4 Å². The Morgan fingerprint density at radius 3 is 2.63 bits per heavy atom. The second-order valence-corrected chi connectivity index (χ2v) is 5.03. The Morgan fingerprint density at radius 1 is 1.42 bits per heavy atom. The summed E-state index contributed by atoms with van der Waals surface area (Å²) in [5.41, 5.74) is 2.46. The van der Waals surface area contributed by atoms with E-state index in [2.05, 4.69) is 6.58 Å². The minimum Gasteiger partial charge on any atom is -0.312 e. The second kappa shape index (κ2) is 5.26. The average molecular weight is 258 g/mol. The van der Waals surface area contributed by atoms with Crippen LogP contribution in [0.2, 0.25) is 0 Å². The van der Waals surface area contributed by atoms with E-state index in [9.17, 15) is 9.59 Å². The van der Waals surface area contributed by atoms with Crippen LogP contribution in [0.1, 0.15) is 13.8 Å². The number of nitrogens with zero attached hydrogens (tertiary/aromatic N) is 2. The average Bonchev–Trinajstić information content (AvgIpc) is 2.49. The van der Waals surface area contributed by atoms with E-state index >= 15 is 0 Å². The Morgan fingerprint density at radius 2 is 2.05 bits per heavy atom. The van der Waals surface area contributed by atoms with Crippen molar-refractivity contribution in [3.05, 3.63) is 36.4 Å². The number of carbonyl (C=O) groups excluding carboxylic acids is 2. The molecule has 100 valence electrons. The van der Waals surface area contributed by atoms with E-state index in [1.54, 1.807) is 9.80 Å².